The molecule has 3 nitrogen and oxygen atoms in total. The molecule has 1 heterocycles. The lowest BCUT2D eigenvalue weighted by molar-refractivity contribution is 0.0744. The van der Waals surface area contributed by atoms with E-state index in [4.69, 9.17) is 0 Å². The smallest absolute Gasteiger partial charge is 0.179 e. The number of Topliss-reactive ketones (excluding diaryl/α,β-unsaturated/α-hetero) is 1. The molecule has 0 bridgehead atoms. The van der Waals surface area contributed by atoms with Crippen LogP contribution in [-0.4, -0.2) is 54.9 Å². The summed E-state index contributed by atoms with van der Waals surface area (Å²) >= 11 is 0. The molecule has 0 aliphatic carbocycles. The number of halogens is 1. The first-order valence-corrected chi connectivity index (χ1v) is 6.28. The Labute approximate surface area is 107 Å². The predicted octanol–water partition coefficient (Wildman–Crippen LogP) is 1.64. The van der Waals surface area contributed by atoms with Crippen LogP contribution >= 0.6 is 0 Å². The Morgan fingerprint density at radius 2 is 2.11 bits per heavy atom. The first-order valence-electron chi connectivity index (χ1n) is 6.28. The largest absolute Gasteiger partial charge is 0.304 e. The highest BCUT2D eigenvalue weighted by Gasteiger charge is 2.24. The van der Waals surface area contributed by atoms with Crippen LogP contribution in [0.1, 0.15) is 17.3 Å². The van der Waals surface area contributed by atoms with Gasteiger partial charge in [0.1, 0.15) is 5.82 Å². The number of rotatable bonds is 3. The molecule has 1 aliphatic heterocycles. The molecule has 1 unspecified atom stereocenters. The van der Waals surface area contributed by atoms with Crippen molar-refractivity contribution in [2.45, 2.75) is 13.0 Å². The molecule has 1 aliphatic rings. The summed E-state index contributed by atoms with van der Waals surface area (Å²) in [5.41, 5.74) is 0.198. The summed E-state index contributed by atoms with van der Waals surface area (Å²) in [7, 11) is 2.08. The predicted molar refractivity (Wildman–Crippen MR) is 69.3 cm³/mol. The van der Waals surface area contributed by atoms with Crippen molar-refractivity contribution in [3.05, 3.63) is 35.6 Å². The van der Waals surface area contributed by atoms with Gasteiger partial charge in [-0.05, 0) is 26.1 Å². The summed E-state index contributed by atoms with van der Waals surface area (Å²) < 4.78 is 13.5. The summed E-state index contributed by atoms with van der Waals surface area (Å²) in [6, 6.07) is 6.52. The highest BCUT2D eigenvalue weighted by atomic mass is 19.1. The van der Waals surface area contributed by atoms with Gasteiger partial charge in [0.05, 0.1) is 12.1 Å². The topological polar surface area (TPSA) is 23.6 Å². The number of nitrogens with zero attached hydrogens (tertiary/aromatic N) is 2. The van der Waals surface area contributed by atoms with Crippen molar-refractivity contribution in [3.8, 4) is 0 Å². The van der Waals surface area contributed by atoms with Crippen molar-refractivity contribution in [3.63, 3.8) is 0 Å². The Hall–Kier alpha value is -1.26. The van der Waals surface area contributed by atoms with Gasteiger partial charge in [0.2, 0.25) is 0 Å². The van der Waals surface area contributed by atoms with Gasteiger partial charge >= 0.3 is 0 Å². The van der Waals surface area contributed by atoms with Crippen LogP contribution in [0.4, 0.5) is 4.39 Å². The number of hydrogen-bond donors (Lipinski definition) is 0. The monoisotopic (exact) mass is 250 g/mol. The quantitative estimate of drug-likeness (QED) is 0.762. The van der Waals surface area contributed by atoms with Crippen molar-refractivity contribution >= 4 is 5.78 Å². The summed E-state index contributed by atoms with van der Waals surface area (Å²) in [5, 5.41) is 0. The second-order valence-electron chi connectivity index (χ2n) is 4.98. The first kappa shape index (κ1) is 13.2. The molecule has 4 heteroatoms. The first-order chi connectivity index (χ1) is 8.58. The fourth-order valence-corrected chi connectivity index (χ4v) is 2.37. The molecular formula is C14H19FN2O. The van der Waals surface area contributed by atoms with Gasteiger partial charge < -0.3 is 4.90 Å². The van der Waals surface area contributed by atoms with Gasteiger partial charge in [-0.3, -0.25) is 9.69 Å². The van der Waals surface area contributed by atoms with Crippen molar-refractivity contribution in [2.75, 3.05) is 33.2 Å². The zero-order chi connectivity index (χ0) is 13.1. The van der Waals surface area contributed by atoms with E-state index in [1.807, 2.05) is 0 Å². The fourth-order valence-electron chi connectivity index (χ4n) is 2.37. The van der Waals surface area contributed by atoms with E-state index < -0.39 is 5.82 Å². The van der Waals surface area contributed by atoms with Crippen LogP contribution in [0.5, 0.6) is 0 Å². The van der Waals surface area contributed by atoms with E-state index >= 15 is 0 Å². The van der Waals surface area contributed by atoms with E-state index in [-0.39, 0.29) is 11.3 Å². The maximum absolute atomic E-state index is 13.5. The van der Waals surface area contributed by atoms with Crippen molar-refractivity contribution < 1.29 is 9.18 Å². The third-order valence-electron chi connectivity index (χ3n) is 3.49. The molecule has 1 aromatic rings. The normalized spacial score (nSPS) is 22.1. The molecule has 0 amide bonds. The summed E-state index contributed by atoms with van der Waals surface area (Å²) in [6.45, 7) is 5.16. The van der Waals surface area contributed by atoms with Gasteiger partial charge in [0.15, 0.2) is 5.78 Å². The van der Waals surface area contributed by atoms with Crippen molar-refractivity contribution in [1.82, 2.24) is 9.80 Å². The van der Waals surface area contributed by atoms with Crippen LogP contribution in [0.2, 0.25) is 0 Å². The maximum Gasteiger partial charge on any atom is 0.179 e. The Kier molecular flexibility index (Phi) is 4.09. The Bertz CT molecular complexity index is 436. The van der Waals surface area contributed by atoms with Crippen molar-refractivity contribution in [2.24, 2.45) is 0 Å². The summed E-state index contributed by atoms with van der Waals surface area (Å²) in [6.07, 6.45) is 0. The van der Waals surface area contributed by atoms with Gasteiger partial charge in [0.25, 0.3) is 0 Å². The molecule has 0 radical (unpaired) electrons. The van der Waals surface area contributed by atoms with Crippen LogP contribution in [0.15, 0.2) is 24.3 Å². The van der Waals surface area contributed by atoms with E-state index in [0.29, 0.717) is 12.6 Å². The van der Waals surface area contributed by atoms with Crippen LogP contribution in [-0.2, 0) is 0 Å². The minimum atomic E-state index is -0.427. The summed E-state index contributed by atoms with van der Waals surface area (Å²) in [4.78, 5) is 16.4. The van der Waals surface area contributed by atoms with Crippen molar-refractivity contribution in [1.29, 1.82) is 0 Å². The lowest BCUT2D eigenvalue weighted by Gasteiger charge is -2.37. The molecule has 0 aromatic heterocycles. The average Bonchev–Trinajstić information content (AvgIpc) is 2.33. The minimum Gasteiger partial charge on any atom is -0.304 e. The maximum atomic E-state index is 13.5. The molecule has 0 N–H and O–H groups in total. The Morgan fingerprint density at radius 3 is 2.78 bits per heavy atom. The number of carbonyl (C=O) groups excluding carboxylic acids is 1. The van der Waals surface area contributed by atoms with Crippen LogP contribution < -0.4 is 0 Å². The number of ketones is 1. The number of benzene rings is 1. The van der Waals surface area contributed by atoms with E-state index in [9.17, 15) is 9.18 Å². The molecule has 0 saturated carbocycles. The molecule has 1 aromatic carbocycles. The standard InChI is InChI=1S/C14H19FN2O/c1-11-9-16(2)7-8-17(11)10-14(18)12-5-3-4-6-13(12)15/h3-6,11H,7-10H2,1-2H3. The third kappa shape index (κ3) is 2.94. The molecule has 1 saturated heterocycles. The molecular weight excluding hydrogens is 231 g/mol. The van der Waals surface area contributed by atoms with Crippen LogP contribution in [0.25, 0.3) is 0 Å². The van der Waals surface area contributed by atoms with E-state index in [0.717, 1.165) is 19.6 Å². The molecule has 98 valence electrons. The second-order valence-corrected chi connectivity index (χ2v) is 4.98. The van der Waals surface area contributed by atoms with E-state index in [1.165, 1.54) is 6.07 Å². The second kappa shape index (κ2) is 5.59. The number of likely N-dealkylation sites (N-methyl/N-ethyl adjacent to an activating group) is 1. The SMILES string of the molecule is CC1CN(C)CCN1CC(=O)c1ccccc1F. The van der Waals surface area contributed by atoms with Crippen LogP contribution in [0, 0.1) is 5.82 Å². The van der Waals surface area contributed by atoms with E-state index in [1.54, 1.807) is 18.2 Å². The van der Waals surface area contributed by atoms with Gasteiger partial charge in [-0.25, -0.2) is 4.39 Å². The Morgan fingerprint density at radius 1 is 1.39 bits per heavy atom. The number of hydrogen-bond acceptors (Lipinski definition) is 3. The van der Waals surface area contributed by atoms with Crippen LogP contribution in [0.3, 0.4) is 0 Å². The lowest BCUT2D eigenvalue weighted by atomic mass is 10.1. The summed E-state index contributed by atoms with van der Waals surface area (Å²) in [5.74, 6) is -0.561. The highest BCUT2D eigenvalue weighted by molar-refractivity contribution is 5.97. The molecule has 18 heavy (non-hydrogen) atoms. The van der Waals surface area contributed by atoms with Gasteiger partial charge in [-0.1, -0.05) is 12.1 Å². The molecule has 1 atom stereocenters. The molecule has 2 rings (SSSR count). The Balaban J connectivity index is 2.02. The van der Waals surface area contributed by atoms with Gasteiger partial charge in [-0.15, -0.1) is 0 Å². The average molecular weight is 250 g/mol. The van der Waals surface area contributed by atoms with Gasteiger partial charge in [0, 0.05) is 25.7 Å². The van der Waals surface area contributed by atoms with E-state index in [2.05, 4.69) is 23.8 Å². The molecule has 1 fully saturated rings. The highest BCUT2D eigenvalue weighted by Crippen LogP contribution is 2.12. The number of carbonyl (C=O) groups is 1. The minimum absolute atomic E-state index is 0.135. The zero-order valence-electron chi connectivity index (χ0n) is 10.9. The molecule has 0 spiro atoms. The third-order valence-corrected chi connectivity index (χ3v) is 3.49. The van der Waals surface area contributed by atoms with Gasteiger partial charge in [-0.2, -0.15) is 0 Å². The zero-order valence-corrected chi connectivity index (χ0v) is 10.9. The lowest BCUT2D eigenvalue weighted by Crippen LogP contribution is -2.51. The fraction of sp³-hybridized carbons (Fsp3) is 0.500. The number of piperazine rings is 1.